The van der Waals surface area contributed by atoms with Crippen LogP contribution in [0.15, 0.2) is 95.1 Å². The molecule has 0 amide bonds. The van der Waals surface area contributed by atoms with Gasteiger partial charge in [-0.05, 0) is 24.6 Å². The fraction of sp³-hybridized carbons (Fsp3) is 0.231. The molecule has 0 unspecified atom stereocenters. The molecule has 0 aromatic heterocycles. The Morgan fingerprint density at radius 3 is 1.76 bits per heavy atom. The molecular weight excluding hydrogens is 433 g/mol. The smallest absolute Gasteiger partial charge is 0.269 e. The fourth-order valence-electron chi connectivity index (χ4n) is 3.32. The Labute approximate surface area is 194 Å². The van der Waals surface area contributed by atoms with Gasteiger partial charge in [-0.3, -0.25) is 10.1 Å². The van der Waals surface area contributed by atoms with Gasteiger partial charge in [-0.25, -0.2) is 0 Å². The molecule has 0 spiro atoms. The molecule has 0 heterocycles. The summed E-state index contributed by atoms with van der Waals surface area (Å²) in [7, 11) is -3.00. The summed E-state index contributed by atoms with van der Waals surface area (Å²) in [4.78, 5) is 10.5. The van der Waals surface area contributed by atoms with Crippen molar-refractivity contribution < 1.29 is 9.49 Å². The first-order valence-electron chi connectivity index (χ1n) is 10.7. The van der Waals surface area contributed by atoms with Crippen LogP contribution in [0.3, 0.4) is 0 Å². The molecule has 170 valence electrons. The van der Waals surface area contributed by atoms with E-state index in [1.54, 1.807) is 19.1 Å². The third kappa shape index (κ3) is 5.91. The van der Waals surface area contributed by atoms with Crippen LogP contribution in [-0.2, 0) is 4.57 Å². The highest BCUT2D eigenvalue weighted by atomic mass is 31.2. The molecule has 0 aliphatic rings. The van der Waals surface area contributed by atoms with Crippen LogP contribution in [0, 0.1) is 15.5 Å². The van der Waals surface area contributed by atoms with Crippen molar-refractivity contribution in [1.82, 2.24) is 0 Å². The van der Waals surface area contributed by atoms with Gasteiger partial charge in [-0.2, -0.15) is 10.2 Å². The summed E-state index contributed by atoms with van der Waals surface area (Å²) < 4.78 is 14.5. The van der Waals surface area contributed by atoms with E-state index in [9.17, 15) is 14.7 Å². The quantitative estimate of drug-likeness (QED) is 0.192. The van der Waals surface area contributed by atoms with Crippen LogP contribution in [0.25, 0.3) is 0 Å². The molecule has 3 aromatic rings. The van der Waals surface area contributed by atoms with Crippen molar-refractivity contribution in [1.29, 1.82) is 0 Å². The molecule has 0 aliphatic heterocycles. The number of non-ortho nitro benzene ring substituents is 1. The molecule has 0 radical (unpaired) electrons. The van der Waals surface area contributed by atoms with Gasteiger partial charge in [0.25, 0.3) is 5.69 Å². The average molecular weight is 462 g/mol. The van der Waals surface area contributed by atoms with Crippen LogP contribution in [0.5, 0.6) is 0 Å². The topological polar surface area (TPSA) is 84.9 Å². The molecule has 0 atom stereocenters. The number of hydrogen-bond acceptors (Lipinski definition) is 5. The van der Waals surface area contributed by atoms with Crippen LogP contribution >= 0.6 is 7.14 Å². The molecular formula is C26H28N3O3P. The van der Waals surface area contributed by atoms with Gasteiger partial charge in [0, 0.05) is 34.3 Å². The van der Waals surface area contributed by atoms with Crippen LogP contribution < -0.4 is 10.6 Å². The second-order valence-electron chi connectivity index (χ2n) is 8.86. The van der Waals surface area contributed by atoms with E-state index in [0.717, 1.165) is 21.9 Å². The molecule has 3 rings (SSSR count). The summed E-state index contributed by atoms with van der Waals surface area (Å²) in [6, 6.07) is 25.2. The highest BCUT2D eigenvalue weighted by Crippen LogP contribution is 2.45. The van der Waals surface area contributed by atoms with Gasteiger partial charge >= 0.3 is 0 Å². The average Bonchev–Trinajstić information content (AvgIpc) is 2.81. The molecule has 3 aromatic carbocycles. The van der Waals surface area contributed by atoms with Crippen molar-refractivity contribution in [2.24, 2.45) is 15.6 Å². The lowest BCUT2D eigenvalue weighted by molar-refractivity contribution is -0.384. The van der Waals surface area contributed by atoms with E-state index in [1.807, 2.05) is 81.4 Å². The normalized spacial score (nSPS) is 13.1. The second kappa shape index (κ2) is 10.1. The van der Waals surface area contributed by atoms with E-state index < -0.39 is 12.1 Å². The first kappa shape index (κ1) is 24.3. The highest BCUT2D eigenvalue weighted by Gasteiger charge is 2.33. The predicted molar refractivity (Wildman–Crippen MR) is 137 cm³/mol. The van der Waals surface area contributed by atoms with Crippen LogP contribution in [-0.4, -0.2) is 22.5 Å². The van der Waals surface area contributed by atoms with Crippen LogP contribution in [0.4, 0.5) is 5.69 Å². The molecule has 0 saturated heterocycles. The molecule has 7 heteroatoms. The van der Waals surface area contributed by atoms with Crippen molar-refractivity contribution in [3.63, 3.8) is 0 Å². The fourth-order valence-corrected chi connectivity index (χ4v) is 6.25. The van der Waals surface area contributed by atoms with E-state index in [2.05, 4.69) is 10.2 Å². The summed E-state index contributed by atoms with van der Waals surface area (Å²) in [5, 5.41) is 21.4. The number of nitro benzene ring substituents is 1. The Morgan fingerprint density at radius 2 is 1.33 bits per heavy atom. The number of rotatable bonds is 7. The van der Waals surface area contributed by atoms with E-state index in [0.29, 0.717) is 5.71 Å². The largest absolute Gasteiger partial charge is 0.313 e. The molecule has 33 heavy (non-hydrogen) atoms. The van der Waals surface area contributed by atoms with Crippen molar-refractivity contribution in [2.45, 2.75) is 27.7 Å². The third-order valence-corrected chi connectivity index (χ3v) is 8.41. The number of nitrogens with zero attached hydrogens (tertiary/aromatic N) is 3. The van der Waals surface area contributed by atoms with Crippen molar-refractivity contribution in [3.8, 4) is 0 Å². The summed E-state index contributed by atoms with van der Waals surface area (Å²) in [5.41, 5.74) is 1.75. The first-order chi connectivity index (χ1) is 15.6. The molecule has 0 fully saturated rings. The van der Waals surface area contributed by atoms with Gasteiger partial charge in [0.05, 0.1) is 16.3 Å². The number of benzene rings is 3. The van der Waals surface area contributed by atoms with E-state index in [1.165, 1.54) is 12.1 Å². The lowest BCUT2D eigenvalue weighted by Gasteiger charge is -2.26. The van der Waals surface area contributed by atoms with E-state index in [-0.39, 0.29) is 17.3 Å². The summed E-state index contributed by atoms with van der Waals surface area (Å²) in [6.45, 7) is 7.90. The number of hydrogen-bond donors (Lipinski definition) is 0. The van der Waals surface area contributed by atoms with E-state index >= 15 is 0 Å². The molecule has 0 saturated carbocycles. The minimum atomic E-state index is -3.00. The molecule has 0 bridgehead atoms. The van der Waals surface area contributed by atoms with Crippen molar-refractivity contribution in [2.75, 3.05) is 6.16 Å². The first-order valence-corrected chi connectivity index (χ1v) is 12.6. The standard InChI is InChI=1S/C26H28N3O3P/c1-20(21-15-17-22(18-16-21)29(30)31)27-28-25(26(2,3)4)19-33(32,23-11-7-5-8-12-23)24-13-9-6-10-14-24/h5-18H,19H2,1-4H3/b27-20+,28-25+. The van der Waals surface area contributed by atoms with Crippen LogP contribution in [0.1, 0.15) is 33.3 Å². The monoisotopic (exact) mass is 461 g/mol. The molecule has 0 aliphatic carbocycles. The van der Waals surface area contributed by atoms with Gasteiger partial charge in [-0.15, -0.1) is 0 Å². The van der Waals surface area contributed by atoms with Gasteiger partial charge in [-0.1, -0.05) is 81.4 Å². The minimum absolute atomic E-state index is 0.0251. The maximum atomic E-state index is 14.5. The third-order valence-electron chi connectivity index (χ3n) is 5.40. The van der Waals surface area contributed by atoms with Gasteiger partial charge in [0.1, 0.15) is 7.14 Å². The van der Waals surface area contributed by atoms with Crippen molar-refractivity contribution >= 4 is 34.9 Å². The SMILES string of the molecule is C/C(=N\N=C(/CP(=O)(c1ccccc1)c1ccccc1)C(C)(C)C)c1ccc([N+](=O)[O-])cc1. The highest BCUT2D eigenvalue weighted by molar-refractivity contribution is 7.79. The maximum Gasteiger partial charge on any atom is 0.269 e. The zero-order chi connectivity index (χ0) is 24.1. The second-order valence-corrected chi connectivity index (χ2v) is 11.7. The van der Waals surface area contributed by atoms with Gasteiger partial charge < -0.3 is 4.57 Å². The van der Waals surface area contributed by atoms with E-state index in [4.69, 9.17) is 0 Å². The van der Waals surface area contributed by atoms with Gasteiger partial charge in [0.2, 0.25) is 0 Å². The Bertz CT molecular complexity index is 1170. The zero-order valence-electron chi connectivity index (χ0n) is 19.3. The predicted octanol–water partition coefficient (Wildman–Crippen LogP) is 5.82. The summed E-state index contributed by atoms with van der Waals surface area (Å²) in [5.74, 6) is 0. The number of nitro groups is 1. The Hall–Kier alpha value is -3.37. The van der Waals surface area contributed by atoms with Crippen LogP contribution in [0.2, 0.25) is 0 Å². The Balaban J connectivity index is 2.03. The zero-order valence-corrected chi connectivity index (χ0v) is 20.2. The minimum Gasteiger partial charge on any atom is -0.313 e. The Morgan fingerprint density at radius 1 is 0.848 bits per heavy atom. The Kier molecular flexibility index (Phi) is 7.39. The maximum absolute atomic E-state index is 14.5. The van der Waals surface area contributed by atoms with Crippen molar-refractivity contribution in [3.05, 3.63) is 101 Å². The van der Waals surface area contributed by atoms with Gasteiger partial charge in [0.15, 0.2) is 0 Å². The lowest BCUT2D eigenvalue weighted by Crippen LogP contribution is -2.29. The summed E-state index contributed by atoms with van der Waals surface area (Å²) >= 11 is 0. The summed E-state index contributed by atoms with van der Waals surface area (Å²) in [6.07, 6.45) is 0.265. The lowest BCUT2D eigenvalue weighted by atomic mass is 9.91. The molecule has 6 nitrogen and oxygen atoms in total. The molecule has 0 N–H and O–H groups in total.